The summed E-state index contributed by atoms with van der Waals surface area (Å²) in [5.74, 6) is -1.06. The van der Waals surface area contributed by atoms with Gasteiger partial charge in [-0.1, -0.05) is 31.5 Å². The fourth-order valence-electron chi connectivity index (χ4n) is 3.94. The minimum absolute atomic E-state index is 0.352. The molecule has 0 saturated carbocycles. The van der Waals surface area contributed by atoms with Crippen LogP contribution in [0.4, 0.5) is 16.2 Å². The molecule has 1 aromatic carbocycles. The highest BCUT2D eigenvalue weighted by Gasteiger charge is 2.58. The first-order valence-electron chi connectivity index (χ1n) is 9.92. The molecule has 4 rings (SSSR count). The van der Waals surface area contributed by atoms with Crippen LogP contribution in [0.2, 0.25) is 0 Å². The van der Waals surface area contributed by atoms with Gasteiger partial charge in [0.15, 0.2) is 0 Å². The standard InChI is InChI=1S/C21H25N5O4/c1-6-9-13-15-16(25(5)24-13)17(27)23-21(22-15)12-10-7-8-11-14(12)26(18(21)28)19(29)30-20(2,3)4/h7-8,10-11,22H,6,9H2,1-5H3,(H,23,27). The molecular weight excluding hydrogens is 386 g/mol. The van der Waals surface area contributed by atoms with Gasteiger partial charge in [0.1, 0.15) is 11.3 Å². The Kier molecular flexibility index (Phi) is 4.37. The second-order valence-electron chi connectivity index (χ2n) is 8.51. The van der Waals surface area contributed by atoms with E-state index >= 15 is 0 Å². The maximum atomic E-state index is 13.6. The molecule has 1 atom stereocenters. The van der Waals surface area contributed by atoms with Crippen molar-refractivity contribution in [3.8, 4) is 0 Å². The third-order valence-electron chi connectivity index (χ3n) is 5.08. The molecule has 9 nitrogen and oxygen atoms in total. The van der Waals surface area contributed by atoms with E-state index in [1.807, 2.05) is 6.92 Å². The van der Waals surface area contributed by atoms with Gasteiger partial charge in [-0.2, -0.15) is 5.10 Å². The predicted molar refractivity (Wildman–Crippen MR) is 110 cm³/mol. The SMILES string of the molecule is CCCc1nn(C)c2c1NC1(NC2=O)C(=O)N(C(=O)OC(C)(C)C)c2ccccc21. The Labute approximate surface area is 174 Å². The minimum Gasteiger partial charge on any atom is -0.443 e. The molecule has 0 bridgehead atoms. The fourth-order valence-corrected chi connectivity index (χ4v) is 3.94. The van der Waals surface area contributed by atoms with Crippen molar-refractivity contribution in [1.82, 2.24) is 15.1 Å². The lowest BCUT2D eigenvalue weighted by atomic mass is 9.97. The number of hydrogen-bond donors (Lipinski definition) is 2. The second kappa shape index (κ2) is 6.58. The van der Waals surface area contributed by atoms with E-state index in [2.05, 4.69) is 15.7 Å². The highest BCUT2D eigenvalue weighted by molar-refractivity contribution is 6.24. The predicted octanol–water partition coefficient (Wildman–Crippen LogP) is 2.66. The summed E-state index contributed by atoms with van der Waals surface area (Å²) in [5, 5.41) is 10.5. The van der Waals surface area contributed by atoms with Crippen LogP contribution >= 0.6 is 0 Å². The molecule has 2 aromatic rings. The van der Waals surface area contributed by atoms with Crippen molar-refractivity contribution in [3.05, 3.63) is 41.2 Å². The van der Waals surface area contributed by atoms with Gasteiger partial charge in [-0.05, 0) is 33.3 Å². The topological polar surface area (TPSA) is 106 Å². The highest BCUT2D eigenvalue weighted by atomic mass is 16.6. The first kappa shape index (κ1) is 19.9. The first-order valence-corrected chi connectivity index (χ1v) is 9.92. The molecule has 158 valence electrons. The third-order valence-corrected chi connectivity index (χ3v) is 5.08. The number of anilines is 2. The van der Waals surface area contributed by atoms with Gasteiger partial charge >= 0.3 is 6.09 Å². The van der Waals surface area contributed by atoms with E-state index in [1.165, 1.54) is 4.68 Å². The summed E-state index contributed by atoms with van der Waals surface area (Å²) in [4.78, 5) is 40.5. The van der Waals surface area contributed by atoms with Crippen molar-refractivity contribution in [2.24, 2.45) is 7.05 Å². The van der Waals surface area contributed by atoms with Crippen LogP contribution in [-0.4, -0.2) is 33.3 Å². The van der Waals surface area contributed by atoms with Gasteiger partial charge in [-0.3, -0.25) is 14.3 Å². The number of aromatic nitrogens is 2. The minimum atomic E-state index is -1.61. The van der Waals surface area contributed by atoms with E-state index < -0.39 is 29.2 Å². The zero-order valence-electron chi connectivity index (χ0n) is 17.7. The number of nitrogens with zero attached hydrogens (tertiary/aromatic N) is 3. The lowest BCUT2D eigenvalue weighted by molar-refractivity contribution is -0.122. The van der Waals surface area contributed by atoms with Gasteiger partial charge in [-0.25, -0.2) is 9.69 Å². The number of para-hydroxylation sites is 1. The van der Waals surface area contributed by atoms with Crippen LogP contribution in [0, 0.1) is 0 Å². The van der Waals surface area contributed by atoms with E-state index in [-0.39, 0.29) is 0 Å². The number of fused-ring (bicyclic) bond motifs is 3. The second-order valence-corrected chi connectivity index (χ2v) is 8.51. The molecule has 0 fully saturated rings. The number of hydrogen-bond acceptors (Lipinski definition) is 6. The molecular formula is C21H25N5O4. The van der Waals surface area contributed by atoms with Crippen molar-refractivity contribution in [2.75, 3.05) is 10.2 Å². The Morgan fingerprint density at radius 3 is 2.57 bits per heavy atom. The number of nitrogens with one attached hydrogen (secondary N) is 2. The molecule has 1 spiro atoms. The van der Waals surface area contributed by atoms with Gasteiger partial charge in [0.2, 0.25) is 5.66 Å². The van der Waals surface area contributed by atoms with Crippen LogP contribution in [0.25, 0.3) is 0 Å². The van der Waals surface area contributed by atoms with Crippen LogP contribution < -0.4 is 15.5 Å². The summed E-state index contributed by atoms with van der Waals surface area (Å²) in [5.41, 5.74) is 0.0202. The largest absolute Gasteiger partial charge is 0.443 e. The summed E-state index contributed by atoms with van der Waals surface area (Å²) in [7, 11) is 1.69. The van der Waals surface area contributed by atoms with Crippen molar-refractivity contribution in [2.45, 2.75) is 51.8 Å². The van der Waals surface area contributed by atoms with Crippen molar-refractivity contribution in [3.63, 3.8) is 0 Å². The number of benzene rings is 1. The van der Waals surface area contributed by atoms with Crippen molar-refractivity contribution < 1.29 is 19.1 Å². The van der Waals surface area contributed by atoms with Gasteiger partial charge < -0.3 is 15.4 Å². The fraction of sp³-hybridized carbons (Fsp3) is 0.429. The van der Waals surface area contributed by atoms with Gasteiger partial charge in [0.05, 0.1) is 17.1 Å². The maximum absolute atomic E-state index is 13.6. The zero-order valence-corrected chi connectivity index (χ0v) is 17.7. The molecule has 2 aliphatic heterocycles. The highest BCUT2D eigenvalue weighted by Crippen LogP contribution is 2.44. The summed E-state index contributed by atoms with van der Waals surface area (Å²) in [6.07, 6.45) is 0.679. The molecule has 3 amide bonds. The molecule has 1 unspecified atom stereocenters. The lowest BCUT2D eigenvalue weighted by Crippen LogP contribution is -2.61. The Morgan fingerprint density at radius 2 is 1.90 bits per heavy atom. The molecule has 9 heteroatoms. The Morgan fingerprint density at radius 1 is 1.20 bits per heavy atom. The number of aryl methyl sites for hydroxylation is 2. The molecule has 30 heavy (non-hydrogen) atoms. The molecule has 0 aliphatic carbocycles. The number of imide groups is 1. The number of rotatable bonds is 2. The molecule has 3 heterocycles. The number of ether oxygens (including phenoxy) is 1. The van der Waals surface area contributed by atoms with Crippen LogP contribution in [-0.2, 0) is 28.7 Å². The molecule has 0 saturated heterocycles. The van der Waals surface area contributed by atoms with Crippen LogP contribution in [0.5, 0.6) is 0 Å². The van der Waals surface area contributed by atoms with E-state index in [0.717, 1.165) is 11.3 Å². The summed E-state index contributed by atoms with van der Waals surface area (Å²) in [6, 6.07) is 6.86. The smallest absolute Gasteiger partial charge is 0.421 e. The molecule has 2 N–H and O–H groups in total. The Balaban J connectivity index is 1.84. The summed E-state index contributed by atoms with van der Waals surface area (Å²) in [6.45, 7) is 7.20. The Bertz CT molecular complexity index is 1070. The van der Waals surface area contributed by atoms with E-state index in [0.29, 0.717) is 34.7 Å². The average Bonchev–Trinajstić information content (AvgIpc) is 3.07. The number of carbonyl (C=O) groups is 3. The normalized spacial score (nSPS) is 20.0. The van der Waals surface area contributed by atoms with E-state index in [9.17, 15) is 14.4 Å². The quantitative estimate of drug-likeness (QED) is 0.787. The van der Waals surface area contributed by atoms with Gasteiger partial charge in [0.25, 0.3) is 11.8 Å². The Hall–Kier alpha value is -3.36. The summed E-state index contributed by atoms with van der Waals surface area (Å²) >= 11 is 0. The average molecular weight is 411 g/mol. The van der Waals surface area contributed by atoms with Gasteiger partial charge in [-0.15, -0.1) is 0 Å². The lowest BCUT2D eigenvalue weighted by Gasteiger charge is -2.35. The monoisotopic (exact) mass is 411 g/mol. The van der Waals surface area contributed by atoms with E-state index in [4.69, 9.17) is 4.74 Å². The summed E-state index contributed by atoms with van der Waals surface area (Å²) < 4.78 is 6.96. The van der Waals surface area contributed by atoms with E-state index in [1.54, 1.807) is 52.1 Å². The number of amides is 3. The van der Waals surface area contributed by atoms with Gasteiger partial charge in [0, 0.05) is 12.6 Å². The van der Waals surface area contributed by atoms with Crippen LogP contribution in [0.15, 0.2) is 24.3 Å². The zero-order chi connectivity index (χ0) is 21.8. The van der Waals surface area contributed by atoms with Crippen LogP contribution in [0.3, 0.4) is 0 Å². The maximum Gasteiger partial charge on any atom is 0.421 e. The molecule has 1 aromatic heterocycles. The molecule has 0 radical (unpaired) electrons. The molecule has 2 aliphatic rings. The first-order chi connectivity index (χ1) is 14.1. The van der Waals surface area contributed by atoms with Crippen molar-refractivity contribution in [1.29, 1.82) is 0 Å². The number of carbonyl (C=O) groups excluding carboxylic acids is 3. The third kappa shape index (κ3) is 2.84. The van der Waals surface area contributed by atoms with Crippen molar-refractivity contribution >= 4 is 29.3 Å². The van der Waals surface area contributed by atoms with Crippen LogP contribution in [0.1, 0.15) is 55.9 Å².